The Hall–Kier alpha value is -0.715. The second kappa shape index (κ2) is 3.12. The lowest BCUT2D eigenvalue weighted by molar-refractivity contribution is 0.759. The molecule has 0 spiro atoms. The maximum absolute atomic E-state index is 2.26. The van der Waals surface area contributed by atoms with Gasteiger partial charge in [0.25, 0.3) is 0 Å². The van der Waals surface area contributed by atoms with E-state index in [0.29, 0.717) is 5.31 Å². The summed E-state index contributed by atoms with van der Waals surface area (Å²) in [6.07, 6.45) is 0. The number of rotatable bonds is 1. The highest BCUT2D eigenvalue weighted by atomic mass is 14.0. The molecule has 1 rings (SSSR count). The van der Waals surface area contributed by atoms with Crippen LogP contribution in [0.3, 0.4) is 0 Å². The van der Waals surface area contributed by atoms with Crippen LogP contribution in [-0.4, -0.2) is 7.28 Å². The van der Waals surface area contributed by atoms with E-state index in [1.807, 2.05) is 0 Å². The molecule has 0 N–H and O–H groups in total. The van der Waals surface area contributed by atoms with Gasteiger partial charge >= 0.3 is 0 Å². The molecule has 0 aliphatic carbocycles. The number of hydrogen-bond donors (Lipinski definition) is 0. The Balaban J connectivity index is 2.66. The normalized spacial score (nSPS) is 11.2. The molecule has 58 valence electrons. The highest BCUT2D eigenvalue weighted by Crippen LogP contribution is 2.19. The first-order valence-corrected chi connectivity index (χ1v) is 4.12. The number of hydrogen-bond acceptors (Lipinski definition) is 0. The molecule has 0 aromatic heterocycles. The minimum Gasteiger partial charge on any atom is -0.0840 e. The fraction of sp³-hybridized carbons (Fsp3) is 0.400. The highest BCUT2D eigenvalue weighted by molar-refractivity contribution is 6.56. The average molecular weight is 146 g/mol. The summed E-state index contributed by atoms with van der Waals surface area (Å²) in [5.74, 6) is 0. The molecule has 0 heterocycles. The van der Waals surface area contributed by atoms with Gasteiger partial charge < -0.3 is 0 Å². The van der Waals surface area contributed by atoms with Crippen molar-refractivity contribution in [2.45, 2.75) is 26.1 Å². The van der Waals surface area contributed by atoms with Crippen molar-refractivity contribution in [1.29, 1.82) is 0 Å². The van der Waals surface area contributed by atoms with Gasteiger partial charge in [0.05, 0.1) is 0 Å². The lowest BCUT2D eigenvalue weighted by atomic mass is 9.51. The van der Waals surface area contributed by atoms with Crippen molar-refractivity contribution < 1.29 is 0 Å². The van der Waals surface area contributed by atoms with Crippen LogP contribution >= 0.6 is 0 Å². The summed E-state index contributed by atoms with van der Waals surface area (Å²) in [5, 5.41) is 0.404. The van der Waals surface area contributed by atoms with Gasteiger partial charge in [-0.05, 0) is 0 Å². The maximum Gasteiger partial charge on any atom is 0.163 e. The van der Waals surface area contributed by atoms with Crippen LogP contribution < -0.4 is 5.46 Å². The Labute approximate surface area is 69.9 Å². The first kappa shape index (κ1) is 8.38. The molecule has 0 unspecified atom stereocenters. The van der Waals surface area contributed by atoms with Gasteiger partial charge in [0.2, 0.25) is 0 Å². The quantitative estimate of drug-likeness (QED) is 0.531. The molecule has 0 saturated carbocycles. The van der Waals surface area contributed by atoms with E-state index in [4.69, 9.17) is 0 Å². The first-order chi connectivity index (χ1) is 5.08. The fourth-order valence-corrected chi connectivity index (χ4v) is 1.21. The van der Waals surface area contributed by atoms with Crippen LogP contribution in [0.25, 0.3) is 0 Å². The zero-order valence-electron chi connectivity index (χ0n) is 7.59. The van der Waals surface area contributed by atoms with E-state index in [-0.39, 0.29) is 0 Å². The summed E-state index contributed by atoms with van der Waals surface area (Å²) in [5.41, 5.74) is 1.43. The van der Waals surface area contributed by atoms with E-state index < -0.39 is 0 Å². The monoisotopic (exact) mass is 146 g/mol. The van der Waals surface area contributed by atoms with Crippen LogP contribution in [-0.2, 0) is 0 Å². The zero-order chi connectivity index (χ0) is 8.32. The molecule has 0 saturated heterocycles. The molecular formula is C10H15B. The topological polar surface area (TPSA) is 0 Å². The van der Waals surface area contributed by atoms with E-state index in [0.717, 1.165) is 7.28 Å². The van der Waals surface area contributed by atoms with Gasteiger partial charge in [0, 0.05) is 0 Å². The molecule has 0 radical (unpaired) electrons. The van der Waals surface area contributed by atoms with Crippen LogP contribution in [0.15, 0.2) is 30.3 Å². The molecule has 1 heteroatoms. The van der Waals surface area contributed by atoms with Crippen molar-refractivity contribution in [1.82, 2.24) is 0 Å². The molecule has 0 atom stereocenters. The Morgan fingerprint density at radius 1 is 1.00 bits per heavy atom. The van der Waals surface area contributed by atoms with Gasteiger partial charge in [0.1, 0.15) is 0 Å². The Kier molecular flexibility index (Phi) is 2.38. The molecule has 0 aliphatic rings. The lowest BCUT2D eigenvalue weighted by Crippen LogP contribution is -2.22. The summed E-state index contributed by atoms with van der Waals surface area (Å²) in [7, 11) is 1.16. The van der Waals surface area contributed by atoms with Crippen molar-refractivity contribution in [2.24, 2.45) is 0 Å². The van der Waals surface area contributed by atoms with Crippen molar-refractivity contribution >= 4 is 12.7 Å². The van der Waals surface area contributed by atoms with Gasteiger partial charge in [-0.25, -0.2) is 0 Å². The lowest BCUT2D eigenvalue weighted by Gasteiger charge is -2.15. The molecule has 0 nitrogen and oxygen atoms in total. The Morgan fingerprint density at radius 3 is 2.00 bits per heavy atom. The minimum absolute atomic E-state index is 0.404. The third kappa shape index (κ3) is 3.27. The van der Waals surface area contributed by atoms with Crippen molar-refractivity contribution in [3.8, 4) is 0 Å². The van der Waals surface area contributed by atoms with Gasteiger partial charge in [-0.3, -0.25) is 0 Å². The molecule has 0 amide bonds. The second-order valence-corrected chi connectivity index (χ2v) is 4.22. The van der Waals surface area contributed by atoms with E-state index in [9.17, 15) is 0 Å². The molecule has 1 aromatic carbocycles. The van der Waals surface area contributed by atoms with E-state index in [1.165, 1.54) is 5.46 Å². The first-order valence-electron chi connectivity index (χ1n) is 4.12. The molecule has 11 heavy (non-hydrogen) atoms. The van der Waals surface area contributed by atoms with Crippen molar-refractivity contribution in [3.05, 3.63) is 30.3 Å². The largest absolute Gasteiger partial charge is 0.163 e. The summed E-state index contributed by atoms with van der Waals surface area (Å²) in [6, 6.07) is 10.6. The van der Waals surface area contributed by atoms with Crippen LogP contribution in [0.5, 0.6) is 0 Å². The molecule has 0 aliphatic heterocycles. The smallest absolute Gasteiger partial charge is 0.0840 e. The maximum atomic E-state index is 2.26. The van der Waals surface area contributed by atoms with Gasteiger partial charge in [0.15, 0.2) is 7.28 Å². The summed E-state index contributed by atoms with van der Waals surface area (Å²) >= 11 is 0. The van der Waals surface area contributed by atoms with Crippen LogP contribution in [0.2, 0.25) is 5.31 Å². The van der Waals surface area contributed by atoms with Crippen molar-refractivity contribution in [2.75, 3.05) is 0 Å². The third-order valence-corrected chi connectivity index (χ3v) is 1.58. The molecule has 1 aromatic rings. The van der Waals surface area contributed by atoms with Crippen molar-refractivity contribution in [3.63, 3.8) is 0 Å². The summed E-state index contributed by atoms with van der Waals surface area (Å²) in [6.45, 7) is 6.79. The molecular weight excluding hydrogens is 131 g/mol. The SMILES string of the molecule is CC(C)(C)Bc1ccccc1. The summed E-state index contributed by atoms with van der Waals surface area (Å²) in [4.78, 5) is 0. The average Bonchev–Trinajstić information content (AvgIpc) is 1.85. The fourth-order valence-electron chi connectivity index (χ4n) is 1.21. The van der Waals surface area contributed by atoms with Gasteiger partial charge in [-0.1, -0.05) is 61.9 Å². The predicted octanol–water partition coefficient (Wildman–Crippen LogP) is 1.97. The van der Waals surface area contributed by atoms with E-state index in [2.05, 4.69) is 51.1 Å². The zero-order valence-corrected chi connectivity index (χ0v) is 7.59. The van der Waals surface area contributed by atoms with Gasteiger partial charge in [-0.15, -0.1) is 0 Å². The molecule has 0 fully saturated rings. The van der Waals surface area contributed by atoms with E-state index >= 15 is 0 Å². The Morgan fingerprint density at radius 2 is 1.55 bits per heavy atom. The third-order valence-electron chi connectivity index (χ3n) is 1.58. The minimum atomic E-state index is 0.404. The molecule has 0 bridgehead atoms. The van der Waals surface area contributed by atoms with Gasteiger partial charge in [-0.2, -0.15) is 0 Å². The Bertz CT molecular complexity index is 208. The predicted molar refractivity (Wildman–Crippen MR) is 52.9 cm³/mol. The highest BCUT2D eigenvalue weighted by Gasteiger charge is 2.12. The second-order valence-electron chi connectivity index (χ2n) is 4.22. The van der Waals surface area contributed by atoms with E-state index in [1.54, 1.807) is 0 Å². The summed E-state index contributed by atoms with van der Waals surface area (Å²) < 4.78 is 0. The van der Waals surface area contributed by atoms with Crippen LogP contribution in [0.1, 0.15) is 20.8 Å². The van der Waals surface area contributed by atoms with Crippen LogP contribution in [0.4, 0.5) is 0 Å². The van der Waals surface area contributed by atoms with Crippen LogP contribution in [0, 0.1) is 0 Å². The number of benzene rings is 1. The standard InChI is InChI=1S/C10H15B/c1-10(2,3)11-9-7-5-4-6-8-9/h4-8,11H,1-3H3.